The molecule has 0 amide bonds. The van der Waals surface area contributed by atoms with Crippen LogP contribution < -0.4 is 0 Å². The summed E-state index contributed by atoms with van der Waals surface area (Å²) in [6.07, 6.45) is 9.94. The van der Waals surface area contributed by atoms with E-state index in [1.54, 1.807) is 5.57 Å². The molecule has 17 heavy (non-hydrogen) atoms. The number of hydrogen-bond donors (Lipinski definition) is 1. The van der Waals surface area contributed by atoms with Gasteiger partial charge in [0, 0.05) is 6.42 Å². The SMILES string of the molecule is CC1=C(CCCCCC(=O)O)C(C)(C)CC=C1. The molecule has 2 heteroatoms. The Balaban J connectivity index is 2.39. The lowest BCUT2D eigenvalue weighted by molar-refractivity contribution is -0.137. The second kappa shape index (κ2) is 6.04. The molecular weight excluding hydrogens is 212 g/mol. The normalized spacial score (nSPS) is 18.5. The molecule has 0 atom stereocenters. The predicted octanol–water partition coefficient (Wildman–Crippen LogP) is 4.32. The molecule has 2 nitrogen and oxygen atoms in total. The third-order valence-electron chi connectivity index (χ3n) is 3.61. The monoisotopic (exact) mass is 236 g/mol. The van der Waals surface area contributed by atoms with Crippen molar-refractivity contribution in [1.29, 1.82) is 0 Å². The van der Waals surface area contributed by atoms with Crippen LogP contribution in [0.15, 0.2) is 23.3 Å². The first-order chi connectivity index (χ1) is 7.93. The van der Waals surface area contributed by atoms with Gasteiger partial charge in [-0.05, 0) is 38.0 Å². The van der Waals surface area contributed by atoms with E-state index in [0.29, 0.717) is 6.42 Å². The van der Waals surface area contributed by atoms with Crippen molar-refractivity contribution < 1.29 is 9.90 Å². The summed E-state index contributed by atoms with van der Waals surface area (Å²) in [5.41, 5.74) is 3.24. The van der Waals surface area contributed by atoms with Gasteiger partial charge in [-0.3, -0.25) is 4.79 Å². The van der Waals surface area contributed by atoms with Crippen molar-refractivity contribution in [3.63, 3.8) is 0 Å². The molecule has 0 heterocycles. The van der Waals surface area contributed by atoms with E-state index in [2.05, 4.69) is 32.9 Å². The molecule has 0 aromatic rings. The summed E-state index contributed by atoms with van der Waals surface area (Å²) in [6, 6.07) is 0. The number of allylic oxidation sites excluding steroid dienone is 4. The van der Waals surface area contributed by atoms with Crippen molar-refractivity contribution in [3.8, 4) is 0 Å². The van der Waals surface area contributed by atoms with Gasteiger partial charge < -0.3 is 5.11 Å². The summed E-state index contributed by atoms with van der Waals surface area (Å²) >= 11 is 0. The highest BCUT2D eigenvalue weighted by atomic mass is 16.4. The van der Waals surface area contributed by atoms with Crippen molar-refractivity contribution in [2.45, 2.75) is 59.3 Å². The molecule has 0 unspecified atom stereocenters. The van der Waals surface area contributed by atoms with Gasteiger partial charge in [0.2, 0.25) is 0 Å². The minimum Gasteiger partial charge on any atom is -0.481 e. The van der Waals surface area contributed by atoms with Crippen molar-refractivity contribution in [3.05, 3.63) is 23.3 Å². The highest BCUT2D eigenvalue weighted by Crippen LogP contribution is 2.39. The minimum absolute atomic E-state index is 0.283. The topological polar surface area (TPSA) is 37.3 Å². The maximum atomic E-state index is 10.4. The van der Waals surface area contributed by atoms with Gasteiger partial charge in [-0.15, -0.1) is 0 Å². The Bertz CT molecular complexity index is 335. The van der Waals surface area contributed by atoms with Gasteiger partial charge in [-0.1, -0.05) is 43.6 Å². The molecule has 1 N–H and O–H groups in total. The number of unbranched alkanes of at least 4 members (excludes halogenated alkanes) is 2. The number of carboxylic acids is 1. The zero-order valence-electron chi connectivity index (χ0n) is 11.3. The minimum atomic E-state index is -0.679. The second-order valence-corrected chi connectivity index (χ2v) is 5.61. The highest BCUT2D eigenvalue weighted by molar-refractivity contribution is 5.66. The molecule has 0 saturated heterocycles. The third-order valence-corrected chi connectivity index (χ3v) is 3.61. The highest BCUT2D eigenvalue weighted by Gasteiger charge is 2.25. The van der Waals surface area contributed by atoms with Crippen LogP contribution in [-0.2, 0) is 4.79 Å². The zero-order valence-corrected chi connectivity index (χ0v) is 11.3. The molecule has 0 aromatic heterocycles. The molecular formula is C15H24O2. The van der Waals surface area contributed by atoms with Gasteiger partial charge in [0.15, 0.2) is 0 Å². The quantitative estimate of drug-likeness (QED) is 0.697. The predicted molar refractivity (Wildman–Crippen MR) is 71.0 cm³/mol. The van der Waals surface area contributed by atoms with Gasteiger partial charge >= 0.3 is 5.97 Å². The smallest absolute Gasteiger partial charge is 0.303 e. The van der Waals surface area contributed by atoms with Crippen LogP contribution in [0, 0.1) is 5.41 Å². The summed E-state index contributed by atoms with van der Waals surface area (Å²) in [5.74, 6) is -0.679. The average Bonchev–Trinajstić information content (AvgIpc) is 2.20. The van der Waals surface area contributed by atoms with Gasteiger partial charge in [0.1, 0.15) is 0 Å². The van der Waals surface area contributed by atoms with Crippen LogP contribution in [0.2, 0.25) is 0 Å². The third kappa shape index (κ3) is 4.37. The summed E-state index contributed by atoms with van der Waals surface area (Å²) in [7, 11) is 0. The number of carbonyl (C=O) groups is 1. The fraction of sp³-hybridized carbons (Fsp3) is 0.667. The van der Waals surface area contributed by atoms with Crippen LogP contribution >= 0.6 is 0 Å². The zero-order chi connectivity index (χ0) is 12.9. The Morgan fingerprint density at radius 3 is 2.65 bits per heavy atom. The molecule has 1 aliphatic rings. The Morgan fingerprint density at radius 2 is 2.06 bits per heavy atom. The van der Waals surface area contributed by atoms with Crippen molar-refractivity contribution in [2.75, 3.05) is 0 Å². The van der Waals surface area contributed by atoms with E-state index in [-0.39, 0.29) is 5.41 Å². The molecule has 0 radical (unpaired) electrons. The standard InChI is InChI=1S/C15H24O2/c1-12-8-7-11-15(2,3)13(12)9-5-4-6-10-14(16)17/h7-8H,4-6,9-11H2,1-3H3,(H,16,17). The largest absolute Gasteiger partial charge is 0.481 e. The number of carboxylic acid groups (broad SMARTS) is 1. The van der Waals surface area contributed by atoms with E-state index in [1.165, 1.54) is 5.57 Å². The molecule has 0 spiro atoms. The van der Waals surface area contributed by atoms with E-state index >= 15 is 0 Å². The molecule has 1 rings (SSSR count). The lowest BCUT2D eigenvalue weighted by Crippen LogP contribution is -2.17. The Hall–Kier alpha value is -1.05. The van der Waals surface area contributed by atoms with Crippen molar-refractivity contribution in [1.82, 2.24) is 0 Å². The van der Waals surface area contributed by atoms with E-state index in [9.17, 15) is 4.79 Å². The molecule has 96 valence electrons. The summed E-state index contributed by atoms with van der Waals surface area (Å²) < 4.78 is 0. The molecule has 0 fully saturated rings. The van der Waals surface area contributed by atoms with Gasteiger partial charge in [-0.25, -0.2) is 0 Å². The first-order valence-electron chi connectivity index (χ1n) is 6.52. The number of hydrogen-bond acceptors (Lipinski definition) is 1. The van der Waals surface area contributed by atoms with Crippen LogP contribution in [0.5, 0.6) is 0 Å². The van der Waals surface area contributed by atoms with Gasteiger partial charge in [0.25, 0.3) is 0 Å². The lowest BCUT2D eigenvalue weighted by Gasteiger charge is -2.31. The molecule has 0 saturated carbocycles. The van der Waals surface area contributed by atoms with E-state index in [0.717, 1.165) is 32.1 Å². The summed E-state index contributed by atoms with van der Waals surface area (Å²) in [5, 5.41) is 8.57. The van der Waals surface area contributed by atoms with Crippen molar-refractivity contribution >= 4 is 5.97 Å². The number of rotatable bonds is 6. The fourth-order valence-electron chi connectivity index (χ4n) is 2.58. The Kier molecular flexibility index (Phi) is 4.98. The first kappa shape index (κ1) is 14.0. The van der Waals surface area contributed by atoms with Gasteiger partial charge in [0.05, 0.1) is 0 Å². The Labute approximate surface area is 104 Å². The molecule has 0 bridgehead atoms. The lowest BCUT2D eigenvalue weighted by atomic mass is 9.74. The molecule has 1 aliphatic carbocycles. The van der Waals surface area contributed by atoms with Gasteiger partial charge in [-0.2, -0.15) is 0 Å². The number of aliphatic carboxylic acids is 1. The van der Waals surface area contributed by atoms with Crippen LogP contribution in [-0.4, -0.2) is 11.1 Å². The summed E-state index contributed by atoms with van der Waals surface area (Å²) in [6.45, 7) is 6.78. The fourth-order valence-corrected chi connectivity index (χ4v) is 2.58. The van der Waals surface area contributed by atoms with E-state index in [1.807, 2.05) is 0 Å². The maximum Gasteiger partial charge on any atom is 0.303 e. The van der Waals surface area contributed by atoms with E-state index < -0.39 is 5.97 Å². The Morgan fingerprint density at radius 1 is 1.35 bits per heavy atom. The second-order valence-electron chi connectivity index (χ2n) is 5.61. The van der Waals surface area contributed by atoms with Crippen LogP contribution in [0.4, 0.5) is 0 Å². The van der Waals surface area contributed by atoms with Crippen LogP contribution in [0.25, 0.3) is 0 Å². The van der Waals surface area contributed by atoms with E-state index in [4.69, 9.17) is 5.11 Å². The average molecular weight is 236 g/mol. The van der Waals surface area contributed by atoms with Crippen molar-refractivity contribution in [2.24, 2.45) is 5.41 Å². The van der Waals surface area contributed by atoms with Crippen LogP contribution in [0.3, 0.4) is 0 Å². The summed E-state index contributed by atoms with van der Waals surface area (Å²) in [4.78, 5) is 10.4. The molecule has 0 aromatic carbocycles. The first-order valence-corrected chi connectivity index (χ1v) is 6.52. The van der Waals surface area contributed by atoms with Crippen LogP contribution in [0.1, 0.15) is 59.3 Å². The maximum absolute atomic E-state index is 10.4. The molecule has 0 aliphatic heterocycles.